The van der Waals surface area contributed by atoms with Crippen LogP contribution in [0.15, 0.2) is 59.3 Å². The Bertz CT molecular complexity index is 890. The first-order valence-electron chi connectivity index (χ1n) is 8.13. The number of anilines is 1. The molecule has 3 aromatic rings. The minimum Gasteiger partial charge on any atom is -0.490 e. The Hall–Kier alpha value is -2.79. The van der Waals surface area contributed by atoms with Crippen LogP contribution in [0.3, 0.4) is 0 Å². The number of thiophene rings is 1. The molecule has 1 aromatic heterocycles. The molecule has 0 saturated heterocycles. The molecular formula is C20H17NO3S. The van der Waals surface area contributed by atoms with Crippen LogP contribution in [0, 0.1) is 0 Å². The lowest BCUT2D eigenvalue weighted by atomic mass is 10.1. The average Bonchev–Trinajstić information content (AvgIpc) is 3.07. The molecule has 1 amide bonds. The number of benzene rings is 2. The van der Waals surface area contributed by atoms with Crippen LogP contribution < -0.4 is 14.8 Å². The van der Waals surface area contributed by atoms with Crippen LogP contribution in [0.1, 0.15) is 16.8 Å². The van der Waals surface area contributed by atoms with E-state index in [0.29, 0.717) is 30.3 Å². The van der Waals surface area contributed by atoms with E-state index in [0.717, 1.165) is 23.2 Å². The molecule has 2 heterocycles. The van der Waals surface area contributed by atoms with E-state index in [1.54, 1.807) is 29.5 Å². The molecule has 0 atom stereocenters. The van der Waals surface area contributed by atoms with Crippen molar-refractivity contribution in [3.05, 3.63) is 64.9 Å². The van der Waals surface area contributed by atoms with Crippen LogP contribution in [0.4, 0.5) is 5.69 Å². The molecule has 1 N–H and O–H groups in total. The molecule has 25 heavy (non-hydrogen) atoms. The first-order valence-corrected chi connectivity index (χ1v) is 9.07. The summed E-state index contributed by atoms with van der Waals surface area (Å²) in [6.07, 6.45) is 0.839. The topological polar surface area (TPSA) is 47.6 Å². The number of carbonyl (C=O) groups excluding carboxylic acids is 1. The molecule has 126 valence electrons. The third kappa shape index (κ3) is 3.51. The Balaban J connectivity index is 1.54. The smallest absolute Gasteiger partial charge is 0.255 e. The second-order valence-corrected chi connectivity index (χ2v) is 6.54. The van der Waals surface area contributed by atoms with Gasteiger partial charge >= 0.3 is 0 Å². The number of fused-ring (bicyclic) bond motifs is 1. The van der Waals surface area contributed by atoms with E-state index in [-0.39, 0.29) is 5.91 Å². The second-order valence-electron chi connectivity index (χ2n) is 5.76. The van der Waals surface area contributed by atoms with E-state index in [9.17, 15) is 4.79 Å². The predicted molar refractivity (Wildman–Crippen MR) is 99.8 cm³/mol. The Labute approximate surface area is 150 Å². The lowest BCUT2D eigenvalue weighted by Crippen LogP contribution is -2.12. The van der Waals surface area contributed by atoms with Gasteiger partial charge in [0.05, 0.1) is 13.2 Å². The van der Waals surface area contributed by atoms with Gasteiger partial charge in [0, 0.05) is 17.7 Å². The lowest BCUT2D eigenvalue weighted by molar-refractivity contribution is 0.102. The highest BCUT2D eigenvalue weighted by atomic mass is 32.1. The minimum absolute atomic E-state index is 0.168. The first kappa shape index (κ1) is 15.7. The van der Waals surface area contributed by atoms with Crippen molar-refractivity contribution >= 4 is 22.9 Å². The zero-order valence-corrected chi connectivity index (χ0v) is 14.3. The summed E-state index contributed by atoms with van der Waals surface area (Å²) in [4.78, 5) is 12.6. The van der Waals surface area contributed by atoms with Crippen molar-refractivity contribution in [3.8, 4) is 22.6 Å². The highest BCUT2D eigenvalue weighted by Gasteiger charge is 2.14. The molecule has 0 saturated carbocycles. The minimum atomic E-state index is -0.168. The predicted octanol–water partition coefficient (Wildman–Crippen LogP) is 4.83. The molecule has 0 unspecified atom stereocenters. The van der Waals surface area contributed by atoms with Crippen molar-refractivity contribution in [2.24, 2.45) is 0 Å². The number of carbonyl (C=O) groups is 1. The lowest BCUT2D eigenvalue weighted by Gasteiger charge is -2.10. The fourth-order valence-corrected chi connectivity index (χ4v) is 3.38. The van der Waals surface area contributed by atoms with Crippen molar-refractivity contribution in [3.63, 3.8) is 0 Å². The molecule has 5 heteroatoms. The largest absolute Gasteiger partial charge is 0.490 e. The third-order valence-corrected chi connectivity index (χ3v) is 4.67. The molecule has 1 aliphatic heterocycles. The number of amides is 1. The van der Waals surface area contributed by atoms with Gasteiger partial charge in [0.1, 0.15) is 0 Å². The van der Waals surface area contributed by atoms with Gasteiger partial charge in [-0.2, -0.15) is 11.3 Å². The molecule has 4 rings (SSSR count). The summed E-state index contributed by atoms with van der Waals surface area (Å²) in [6.45, 7) is 1.23. The van der Waals surface area contributed by atoms with Crippen molar-refractivity contribution in [2.75, 3.05) is 18.5 Å². The number of nitrogens with one attached hydrogen (secondary N) is 1. The summed E-state index contributed by atoms with van der Waals surface area (Å²) >= 11 is 1.65. The van der Waals surface area contributed by atoms with Gasteiger partial charge in [0.15, 0.2) is 11.5 Å². The van der Waals surface area contributed by atoms with E-state index in [1.165, 1.54) is 0 Å². The quantitative estimate of drug-likeness (QED) is 0.735. The van der Waals surface area contributed by atoms with Gasteiger partial charge in [-0.15, -0.1) is 0 Å². The maximum Gasteiger partial charge on any atom is 0.255 e. The summed E-state index contributed by atoms with van der Waals surface area (Å²) in [5.74, 6) is 1.14. The van der Waals surface area contributed by atoms with E-state index in [2.05, 4.69) is 16.8 Å². The van der Waals surface area contributed by atoms with E-state index in [4.69, 9.17) is 9.47 Å². The Morgan fingerprint density at radius 1 is 0.960 bits per heavy atom. The van der Waals surface area contributed by atoms with E-state index < -0.39 is 0 Å². The molecule has 0 spiro atoms. The Kier molecular flexibility index (Phi) is 4.39. The molecule has 0 aliphatic carbocycles. The highest BCUT2D eigenvalue weighted by molar-refractivity contribution is 7.08. The van der Waals surface area contributed by atoms with Gasteiger partial charge in [-0.1, -0.05) is 12.1 Å². The van der Waals surface area contributed by atoms with Gasteiger partial charge in [0.25, 0.3) is 5.91 Å². The van der Waals surface area contributed by atoms with Crippen LogP contribution in [0.2, 0.25) is 0 Å². The normalized spacial score (nSPS) is 13.1. The second kappa shape index (κ2) is 6.99. The van der Waals surface area contributed by atoms with E-state index in [1.807, 2.05) is 29.6 Å². The average molecular weight is 351 g/mol. The maximum atomic E-state index is 12.6. The standard InChI is InChI=1S/C20H17NO3S/c22-20(15-5-6-18-19(12-15)24-9-2-8-23-18)21-17-4-1-3-14(11-17)16-7-10-25-13-16/h1,3-7,10-13H,2,8-9H2,(H,21,22). The number of ether oxygens (including phenoxy) is 2. The SMILES string of the molecule is O=C(Nc1cccc(-c2ccsc2)c1)c1ccc2c(c1)OCCCO2. The summed E-state index contributed by atoms with van der Waals surface area (Å²) in [5.41, 5.74) is 3.54. The van der Waals surface area contributed by atoms with Crippen LogP contribution in [-0.2, 0) is 0 Å². The summed E-state index contributed by atoms with van der Waals surface area (Å²) in [5, 5.41) is 7.08. The Morgan fingerprint density at radius 3 is 2.68 bits per heavy atom. The van der Waals surface area contributed by atoms with Crippen molar-refractivity contribution in [2.45, 2.75) is 6.42 Å². The van der Waals surface area contributed by atoms with Gasteiger partial charge < -0.3 is 14.8 Å². The highest BCUT2D eigenvalue weighted by Crippen LogP contribution is 2.31. The zero-order valence-electron chi connectivity index (χ0n) is 13.5. The summed E-state index contributed by atoms with van der Waals surface area (Å²) in [7, 11) is 0. The Morgan fingerprint density at radius 2 is 1.84 bits per heavy atom. The molecule has 1 aliphatic rings. The van der Waals surface area contributed by atoms with Crippen molar-refractivity contribution in [1.29, 1.82) is 0 Å². The monoisotopic (exact) mass is 351 g/mol. The fraction of sp³-hybridized carbons (Fsp3) is 0.150. The van der Waals surface area contributed by atoms with Crippen molar-refractivity contribution < 1.29 is 14.3 Å². The van der Waals surface area contributed by atoms with Gasteiger partial charge in [-0.25, -0.2) is 0 Å². The molecular weight excluding hydrogens is 334 g/mol. The van der Waals surface area contributed by atoms with Crippen LogP contribution >= 0.6 is 11.3 Å². The van der Waals surface area contributed by atoms with Gasteiger partial charge in [0.2, 0.25) is 0 Å². The van der Waals surface area contributed by atoms with Crippen LogP contribution in [-0.4, -0.2) is 19.1 Å². The molecule has 0 bridgehead atoms. The van der Waals surface area contributed by atoms with Crippen LogP contribution in [0.5, 0.6) is 11.5 Å². The fourth-order valence-electron chi connectivity index (χ4n) is 2.71. The third-order valence-electron chi connectivity index (χ3n) is 3.98. The first-order chi connectivity index (χ1) is 12.3. The summed E-state index contributed by atoms with van der Waals surface area (Å²) in [6, 6.07) is 15.2. The zero-order chi connectivity index (χ0) is 17.1. The molecule has 2 aromatic carbocycles. The molecule has 0 fully saturated rings. The number of rotatable bonds is 3. The number of hydrogen-bond donors (Lipinski definition) is 1. The van der Waals surface area contributed by atoms with Crippen LogP contribution in [0.25, 0.3) is 11.1 Å². The maximum absolute atomic E-state index is 12.6. The van der Waals surface area contributed by atoms with Gasteiger partial charge in [-0.05, 0) is 58.3 Å². The van der Waals surface area contributed by atoms with Gasteiger partial charge in [-0.3, -0.25) is 4.79 Å². The number of hydrogen-bond acceptors (Lipinski definition) is 4. The molecule has 0 radical (unpaired) electrons. The van der Waals surface area contributed by atoms with E-state index >= 15 is 0 Å². The molecule has 4 nitrogen and oxygen atoms in total. The van der Waals surface area contributed by atoms with Crippen molar-refractivity contribution in [1.82, 2.24) is 0 Å². The summed E-state index contributed by atoms with van der Waals surface area (Å²) < 4.78 is 11.3.